The van der Waals surface area contributed by atoms with Gasteiger partial charge in [0.1, 0.15) is 6.04 Å². The number of primary amides is 1. The van der Waals surface area contributed by atoms with E-state index in [9.17, 15) is 14.4 Å². The van der Waals surface area contributed by atoms with E-state index in [1.54, 1.807) is 0 Å². The predicted molar refractivity (Wildman–Crippen MR) is 54.0 cm³/mol. The lowest BCUT2D eigenvalue weighted by atomic mass is 10.2. The number of hydrogen-bond acceptors (Lipinski definition) is 4. The number of H-pyrrole nitrogens is 1. The molecule has 0 bridgehead atoms. The zero-order valence-electron chi connectivity index (χ0n) is 8.27. The van der Waals surface area contributed by atoms with Gasteiger partial charge in [-0.1, -0.05) is 0 Å². The highest BCUT2D eigenvalue weighted by atomic mass is 16.2. The fourth-order valence-electron chi connectivity index (χ4n) is 1.05. The highest BCUT2D eigenvalue weighted by molar-refractivity contribution is 5.97. The lowest BCUT2D eigenvalue weighted by molar-refractivity contribution is -0.125. The van der Waals surface area contributed by atoms with E-state index in [-0.39, 0.29) is 6.42 Å². The summed E-state index contributed by atoms with van der Waals surface area (Å²) in [5.74, 6) is -0.943. The number of anilines is 1. The first-order chi connectivity index (χ1) is 7.63. The number of amides is 3. The minimum absolute atomic E-state index is 0.269. The Bertz CT molecular complexity index is 375. The Labute approximate surface area is 90.6 Å². The molecule has 16 heavy (non-hydrogen) atoms. The maximum absolute atomic E-state index is 11.5. The zero-order chi connectivity index (χ0) is 12.0. The Morgan fingerprint density at radius 1 is 1.62 bits per heavy atom. The number of carbonyl (C=O) groups is 3. The topological polar surface area (TPSA) is 130 Å². The van der Waals surface area contributed by atoms with Gasteiger partial charge in [-0.15, -0.1) is 0 Å². The molecule has 1 atom stereocenters. The van der Waals surface area contributed by atoms with Gasteiger partial charge in [-0.3, -0.25) is 19.5 Å². The van der Waals surface area contributed by atoms with Crippen LogP contribution in [0.2, 0.25) is 0 Å². The van der Waals surface area contributed by atoms with Gasteiger partial charge in [-0.25, -0.2) is 0 Å². The smallest absolute Gasteiger partial charge is 0.248 e. The number of rotatable bonds is 6. The molecule has 0 saturated heterocycles. The van der Waals surface area contributed by atoms with Crippen molar-refractivity contribution in [2.45, 2.75) is 12.5 Å². The van der Waals surface area contributed by atoms with Crippen LogP contribution in [0.1, 0.15) is 6.42 Å². The number of nitrogens with one attached hydrogen (secondary N) is 3. The molecule has 1 heterocycles. The summed E-state index contributed by atoms with van der Waals surface area (Å²) in [4.78, 5) is 32.4. The summed E-state index contributed by atoms with van der Waals surface area (Å²) < 4.78 is 0. The van der Waals surface area contributed by atoms with Crippen molar-refractivity contribution in [1.82, 2.24) is 15.5 Å². The summed E-state index contributed by atoms with van der Waals surface area (Å²) >= 11 is 0. The molecule has 5 N–H and O–H groups in total. The highest BCUT2D eigenvalue weighted by Gasteiger charge is 2.20. The Balaban J connectivity index is 2.59. The van der Waals surface area contributed by atoms with Gasteiger partial charge in [0.2, 0.25) is 18.2 Å². The number of aromatic amines is 1. The van der Waals surface area contributed by atoms with Crippen LogP contribution in [0.4, 0.5) is 5.82 Å². The first-order valence-electron chi connectivity index (χ1n) is 4.42. The molecule has 0 aliphatic carbocycles. The quantitative estimate of drug-likeness (QED) is 0.431. The van der Waals surface area contributed by atoms with Gasteiger partial charge in [0, 0.05) is 12.3 Å². The van der Waals surface area contributed by atoms with Gasteiger partial charge in [0.15, 0.2) is 5.82 Å². The number of nitrogens with zero attached hydrogens (tertiary/aromatic N) is 1. The molecule has 0 saturated carbocycles. The molecule has 0 aliphatic rings. The molecular weight excluding hydrogens is 214 g/mol. The number of nitrogens with two attached hydrogens (primary N) is 1. The molecule has 0 fully saturated rings. The Morgan fingerprint density at radius 2 is 2.38 bits per heavy atom. The fraction of sp³-hybridized carbons (Fsp3) is 0.250. The molecule has 1 unspecified atom stereocenters. The van der Waals surface area contributed by atoms with Crippen molar-refractivity contribution in [3.05, 3.63) is 12.3 Å². The molecule has 86 valence electrons. The minimum Gasteiger partial charge on any atom is -0.370 e. The summed E-state index contributed by atoms with van der Waals surface area (Å²) in [6.45, 7) is 0. The predicted octanol–water partition coefficient (Wildman–Crippen LogP) is -1.66. The first-order valence-corrected chi connectivity index (χ1v) is 4.42. The van der Waals surface area contributed by atoms with Crippen molar-refractivity contribution in [1.29, 1.82) is 0 Å². The van der Waals surface area contributed by atoms with E-state index in [2.05, 4.69) is 20.8 Å². The summed E-state index contributed by atoms with van der Waals surface area (Å²) in [7, 11) is 0. The number of aromatic nitrogens is 2. The van der Waals surface area contributed by atoms with E-state index in [0.29, 0.717) is 12.2 Å². The second-order valence-corrected chi connectivity index (χ2v) is 2.96. The van der Waals surface area contributed by atoms with E-state index >= 15 is 0 Å². The fourth-order valence-corrected chi connectivity index (χ4v) is 1.05. The highest BCUT2D eigenvalue weighted by Crippen LogP contribution is 2.01. The normalized spacial score (nSPS) is 11.5. The van der Waals surface area contributed by atoms with Gasteiger partial charge < -0.3 is 16.4 Å². The molecule has 0 aliphatic heterocycles. The van der Waals surface area contributed by atoms with Gasteiger partial charge in [0.25, 0.3) is 0 Å². The first kappa shape index (κ1) is 11.7. The van der Waals surface area contributed by atoms with Crippen molar-refractivity contribution in [2.24, 2.45) is 5.73 Å². The number of carbonyl (C=O) groups excluding carboxylic acids is 3. The van der Waals surface area contributed by atoms with Crippen LogP contribution >= 0.6 is 0 Å². The molecule has 1 aromatic heterocycles. The van der Waals surface area contributed by atoms with Crippen LogP contribution in [0.25, 0.3) is 0 Å². The summed E-state index contributed by atoms with van der Waals surface area (Å²) in [5, 5.41) is 10.8. The van der Waals surface area contributed by atoms with Crippen LogP contribution in [0.15, 0.2) is 12.3 Å². The molecular formula is C8H11N5O3. The maximum Gasteiger partial charge on any atom is 0.248 e. The average molecular weight is 225 g/mol. The van der Waals surface area contributed by atoms with Crippen LogP contribution in [0, 0.1) is 0 Å². The maximum atomic E-state index is 11.5. The van der Waals surface area contributed by atoms with Crippen molar-refractivity contribution in [3.63, 3.8) is 0 Å². The largest absolute Gasteiger partial charge is 0.370 e. The molecule has 8 nitrogen and oxygen atoms in total. The molecule has 0 aromatic carbocycles. The summed E-state index contributed by atoms with van der Waals surface area (Å²) in [6.07, 6.45) is 1.58. The van der Waals surface area contributed by atoms with E-state index in [1.165, 1.54) is 12.3 Å². The van der Waals surface area contributed by atoms with Crippen LogP contribution in [0.5, 0.6) is 0 Å². The SMILES string of the molecule is NC(=O)CC(NC=O)C(=O)Nc1cc[nH]n1. The van der Waals surface area contributed by atoms with Crippen LogP contribution < -0.4 is 16.4 Å². The summed E-state index contributed by atoms with van der Waals surface area (Å²) in [6, 6.07) is 0.534. The van der Waals surface area contributed by atoms with Crippen molar-refractivity contribution < 1.29 is 14.4 Å². The molecule has 0 radical (unpaired) electrons. The lowest BCUT2D eigenvalue weighted by Gasteiger charge is -2.12. The van der Waals surface area contributed by atoms with Gasteiger partial charge in [-0.2, -0.15) is 5.10 Å². The van der Waals surface area contributed by atoms with Crippen LogP contribution in [-0.2, 0) is 14.4 Å². The van der Waals surface area contributed by atoms with Crippen molar-refractivity contribution >= 4 is 24.0 Å². The molecule has 8 heteroatoms. The van der Waals surface area contributed by atoms with Crippen LogP contribution in [0.3, 0.4) is 0 Å². The average Bonchev–Trinajstić information content (AvgIpc) is 2.69. The molecule has 3 amide bonds. The third-order valence-electron chi connectivity index (χ3n) is 1.74. The van der Waals surface area contributed by atoms with Gasteiger partial charge in [-0.05, 0) is 0 Å². The van der Waals surface area contributed by atoms with Gasteiger partial charge >= 0.3 is 0 Å². The third kappa shape index (κ3) is 3.40. The third-order valence-corrected chi connectivity index (χ3v) is 1.74. The number of hydrogen-bond donors (Lipinski definition) is 4. The lowest BCUT2D eigenvalue weighted by Crippen LogP contribution is -2.42. The van der Waals surface area contributed by atoms with Crippen molar-refractivity contribution in [3.8, 4) is 0 Å². The minimum atomic E-state index is -0.994. The summed E-state index contributed by atoms with van der Waals surface area (Å²) in [5.41, 5.74) is 4.94. The zero-order valence-corrected chi connectivity index (χ0v) is 8.27. The monoisotopic (exact) mass is 225 g/mol. The molecule has 0 spiro atoms. The second-order valence-electron chi connectivity index (χ2n) is 2.96. The van der Waals surface area contributed by atoms with Crippen LogP contribution in [-0.4, -0.2) is 34.5 Å². The van der Waals surface area contributed by atoms with E-state index < -0.39 is 17.9 Å². The Hall–Kier alpha value is -2.38. The molecule has 1 rings (SSSR count). The van der Waals surface area contributed by atoms with E-state index in [1.807, 2.05) is 0 Å². The van der Waals surface area contributed by atoms with Gasteiger partial charge in [0.05, 0.1) is 6.42 Å². The Morgan fingerprint density at radius 3 is 2.88 bits per heavy atom. The van der Waals surface area contributed by atoms with E-state index in [4.69, 9.17) is 5.73 Å². The molecule has 1 aromatic rings. The standard InChI is InChI=1S/C8H11N5O3/c9-6(15)3-5(10-4-14)8(16)12-7-1-2-11-13-7/h1-2,4-5H,3H2,(H2,9,15)(H,10,14)(H2,11,12,13,16). The van der Waals surface area contributed by atoms with E-state index in [0.717, 1.165) is 0 Å². The van der Waals surface area contributed by atoms with Crippen molar-refractivity contribution in [2.75, 3.05) is 5.32 Å². The Kier molecular flexibility index (Phi) is 4.01. The second kappa shape index (κ2) is 5.49.